The summed E-state index contributed by atoms with van der Waals surface area (Å²) in [7, 11) is 0. The Labute approximate surface area is 217 Å². The van der Waals surface area contributed by atoms with E-state index >= 15 is 0 Å². The van der Waals surface area contributed by atoms with Gasteiger partial charge in [-0.25, -0.2) is 9.67 Å². The van der Waals surface area contributed by atoms with E-state index in [0.717, 1.165) is 48.3 Å². The molecule has 5 heterocycles. The van der Waals surface area contributed by atoms with Crippen molar-refractivity contribution in [3.8, 4) is 0 Å². The minimum atomic E-state index is -0.0934. The number of piperidine rings is 2. The molecule has 0 radical (unpaired) electrons. The Kier molecular flexibility index (Phi) is 6.85. The summed E-state index contributed by atoms with van der Waals surface area (Å²) < 4.78 is 1.88. The average molecular weight is 507 g/mol. The number of carbonyl (C=O) groups is 1. The number of rotatable bonds is 5. The second kappa shape index (κ2) is 10.4. The van der Waals surface area contributed by atoms with Crippen LogP contribution in [-0.4, -0.2) is 51.9 Å². The minimum Gasteiger partial charge on any atom is -0.357 e. The van der Waals surface area contributed by atoms with Gasteiger partial charge in [-0.1, -0.05) is 43.0 Å². The molecular weight excluding hydrogens is 472 g/mol. The lowest BCUT2D eigenvalue weighted by Gasteiger charge is -2.40. The predicted molar refractivity (Wildman–Crippen MR) is 144 cm³/mol. The van der Waals surface area contributed by atoms with E-state index in [1.54, 1.807) is 0 Å². The molecule has 2 aromatic heterocycles. The number of fused-ring (bicyclic) bond motifs is 3. The van der Waals surface area contributed by atoms with Crippen molar-refractivity contribution in [2.75, 3.05) is 18.0 Å². The van der Waals surface area contributed by atoms with Crippen LogP contribution >= 0.6 is 11.6 Å². The number of carbonyl (C=O) groups excluding carboxylic acids is 1. The summed E-state index contributed by atoms with van der Waals surface area (Å²) >= 11 is 6.11. The molecule has 3 aromatic rings. The van der Waals surface area contributed by atoms with Gasteiger partial charge >= 0.3 is 0 Å². The van der Waals surface area contributed by atoms with Crippen molar-refractivity contribution in [3.05, 3.63) is 52.7 Å². The number of benzene rings is 1. The molecule has 36 heavy (non-hydrogen) atoms. The number of halogens is 1. The van der Waals surface area contributed by atoms with E-state index in [1.807, 2.05) is 35.0 Å². The Hall–Kier alpha value is -2.64. The lowest BCUT2D eigenvalue weighted by atomic mass is 9.84. The van der Waals surface area contributed by atoms with E-state index < -0.39 is 0 Å². The smallest absolute Gasteiger partial charge is 0.272 e. The molecule has 3 aliphatic rings. The molecule has 1 aromatic carbocycles. The monoisotopic (exact) mass is 506 g/mol. The lowest BCUT2D eigenvalue weighted by molar-refractivity contribution is 0.0903. The quantitative estimate of drug-likeness (QED) is 0.514. The summed E-state index contributed by atoms with van der Waals surface area (Å²) in [6.45, 7) is 2.58. The van der Waals surface area contributed by atoms with Crippen molar-refractivity contribution in [2.45, 2.75) is 82.5 Å². The number of hydrogen-bond acceptors (Lipinski definition) is 5. The fraction of sp³-hybridized carbons (Fsp3) is 0.536. The number of aromatic nitrogens is 3. The Morgan fingerprint density at radius 1 is 0.972 bits per heavy atom. The molecule has 2 N–H and O–H groups in total. The van der Waals surface area contributed by atoms with Gasteiger partial charge in [0.2, 0.25) is 0 Å². The Bertz CT molecular complexity index is 1200. The van der Waals surface area contributed by atoms with Gasteiger partial charge in [0.05, 0.1) is 11.9 Å². The van der Waals surface area contributed by atoms with E-state index in [9.17, 15) is 4.79 Å². The largest absolute Gasteiger partial charge is 0.357 e. The van der Waals surface area contributed by atoms with E-state index in [1.165, 1.54) is 44.9 Å². The van der Waals surface area contributed by atoms with E-state index in [0.29, 0.717) is 29.3 Å². The first-order chi connectivity index (χ1) is 17.6. The fourth-order valence-electron chi connectivity index (χ4n) is 6.20. The Balaban J connectivity index is 1.31. The van der Waals surface area contributed by atoms with Gasteiger partial charge in [0, 0.05) is 36.2 Å². The number of nitrogens with one attached hydrogen (secondary N) is 2. The molecule has 8 heteroatoms. The van der Waals surface area contributed by atoms with Crippen LogP contribution < -0.4 is 15.5 Å². The van der Waals surface area contributed by atoms with Crippen LogP contribution in [0.2, 0.25) is 5.02 Å². The predicted octanol–water partition coefficient (Wildman–Crippen LogP) is 4.92. The van der Waals surface area contributed by atoms with Gasteiger partial charge in [-0.2, -0.15) is 5.10 Å². The van der Waals surface area contributed by atoms with Crippen LogP contribution in [0.5, 0.6) is 0 Å². The van der Waals surface area contributed by atoms with Crippen molar-refractivity contribution in [1.29, 1.82) is 0 Å². The Morgan fingerprint density at radius 3 is 2.42 bits per heavy atom. The average Bonchev–Trinajstić information content (AvgIpc) is 3.03. The topological polar surface area (TPSA) is 75.1 Å². The van der Waals surface area contributed by atoms with E-state index in [-0.39, 0.29) is 11.9 Å². The molecular formula is C28H35ClN6O. The molecule has 7 nitrogen and oxygen atoms in total. The van der Waals surface area contributed by atoms with Crippen molar-refractivity contribution >= 4 is 34.4 Å². The van der Waals surface area contributed by atoms with Gasteiger partial charge in [0.15, 0.2) is 11.3 Å². The molecule has 2 bridgehead atoms. The first kappa shape index (κ1) is 23.7. The number of pyridine rings is 1. The lowest BCUT2D eigenvalue weighted by Crippen LogP contribution is -2.54. The Morgan fingerprint density at radius 2 is 1.69 bits per heavy atom. The molecule has 0 saturated carbocycles. The van der Waals surface area contributed by atoms with Crippen LogP contribution in [0.1, 0.15) is 73.8 Å². The highest BCUT2D eigenvalue weighted by Gasteiger charge is 2.32. The first-order valence-corrected chi connectivity index (χ1v) is 13.9. The van der Waals surface area contributed by atoms with Gasteiger partial charge in [-0.05, 0) is 68.4 Å². The van der Waals surface area contributed by atoms with Gasteiger partial charge in [-0.15, -0.1) is 0 Å². The molecule has 0 spiro atoms. The molecule has 3 aliphatic heterocycles. The molecule has 2 unspecified atom stereocenters. The summed E-state index contributed by atoms with van der Waals surface area (Å²) in [5.74, 6) is 0.879. The third kappa shape index (κ3) is 5.09. The highest BCUT2D eigenvalue weighted by Crippen LogP contribution is 2.28. The summed E-state index contributed by atoms with van der Waals surface area (Å²) in [4.78, 5) is 21.0. The van der Waals surface area contributed by atoms with Crippen LogP contribution in [0.15, 0.2) is 36.4 Å². The highest BCUT2D eigenvalue weighted by atomic mass is 35.5. The van der Waals surface area contributed by atoms with Gasteiger partial charge in [0.1, 0.15) is 5.82 Å². The minimum absolute atomic E-state index is 0.0934. The summed E-state index contributed by atoms with van der Waals surface area (Å²) in [5, 5.41) is 13.4. The normalized spacial score (nSPS) is 24.5. The second-order valence-corrected chi connectivity index (χ2v) is 11.1. The van der Waals surface area contributed by atoms with E-state index in [4.69, 9.17) is 21.7 Å². The standard InChI is InChI=1S/C28H35ClN6O/c29-20-10-8-19(9-11-20)18-35-27-24(12-13-25(32-27)34-14-3-1-2-4-15-34)26(33-35)28(36)31-23-16-21-6-5-7-22(17-23)30-21/h8-13,21-23,30H,1-7,14-18H2,(H,31,36). The SMILES string of the molecule is O=C(NC1CC2CCCC(C1)N2)c1nn(Cc2ccc(Cl)cc2)c2nc(N3CCCCCC3)ccc12. The van der Waals surface area contributed by atoms with Crippen LogP contribution in [0.3, 0.4) is 0 Å². The van der Waals surface area contributed by atoms with Gasteiger partial charge < -0.3 is 15.5 Å². The number of anilines is 1. The molecule has 2 atom stereocenters. The molecule has 3 saturated heterocycles. The number of nitrogens with zero attached hydrogens (tertiary/aromatic N) is 4. The van der Waals surface area contributed by atoms with Crippen molar-refractivity contribution < 1.29 is 4.79 Å². The zero-order chi connectivity index (χ0) is 24.5. The van der Waals surface area contributed by atoms with E-state index in [2.05, 4.69) is 21.6 Å². The molecule has 6 rings (SSSR count). The summed E-state index contributed by atoms with van der Waals surface area (Å²) in [6, 6.07) is 13.1. The van der Waals surface area contributed by atoms with Crippen molar-refractivity contribution in [1.82, 2.24) is 25.4 Å². The molecule has 3 fully saturated rings. The second-order valence-electron chi connectivity index (χ2n) is 10.7. The maximum absolute atomic E-state index is 13.5. The van der Waals surface area contributed by atoms with Crippen LogP contribution in [-0.2, 0) is 6.54 Å². The molecule has 0 aliphatic carbocycles. The first-order valence-electron chi connectivity index (χ1n) is 13.6. The van der Waals surface area contributed by atoms with Crippen molar-refractivity contribution in [3.63, 3.8) is 0 Å². The van der Waals surface area contributed by atoms with Crippen LogP contribution in [0, 0.1) is 0 Å². The number of hydrogen-bond donors (Lipinski definition) is 2. The highest BCUT2D eigenvalue weighted by molar-refractivity contribution is 6.30. The zero-order valence-electron chi connectivity index (χ0n) is 20.8. The van der Waals surface area contributed by atoms with Crippen LogP contribution in [0.4, 0.5) is 5.82 Å². The summed E-state index contributed by atoms with van der Waals surface area (Å²) in [5.41, 5.74) is 2.31. The number of amides is 1. The molecule has 1 amide bonds. The maximum atomic E-state index is 13.5. The third-order valence-corrected chi connectivity index (χ3v) is 8.27. The van der Waals surface area contributed by atoms with Crippen molar-refractivity contribution in [2.24, 2.45) is 0 Å². The summed E-state index contributed by atoms with van der Waals surface area (Å²) in [6.07, 6.45) is 10.6. The van der Waals surface area contributed by atoms with Crippen LogP contribution in [0.25, 0.3) is 11.0 Å². The van der Waals surface area contributed by atoms with Gasteiger partial charge in [-0.3, -0.25) is 4.79 Å². The molecule has 190 valence electrons. The van der Waals surface area contributed by atoms with Gasteiger partial charge in [0.25, 0.3) is 5.91 Å². The fourth-order valence-corrected chi connectivity index (χ4v) is 6.32. The zero-order valence-corrected chi connectivity index (χ0v) is 21.5. The third-order valence-electron chi connectivity index (χ3n) is 8.02. The maximum Gasteiger partial charge on any atom is 0.272 e.